The zero-order valence-corrected chi connectivity index (χ0v) is 10.0. The topological polar surface area (TPSA) is 45.2 Å². The number of carbonyl (C=O) groups excluding carboxylic acids is 1. The molecule has 0 spiro atoms. The fourth-order valence-electron chi connectivity index (χ4n) is 2.74. The maximum Gasteiger partial charge on any atom is 0.238 e. The van der Waals surface area contributed by atoms with Gasteiger partial charge in [0.15, 0.2) is 0 Å². The van der Waals surface area contributed by atoms with Gasteiger partial charge in [0.2, 0.25) is 5.91 Å². The van der Waals surface area contributed by atoms with Crippen molar-refractivity contribution in [1.29, 1.82) is 0 Å². The van der Waals surface area contributed by atoms with E-state index in [1.165, 1.54) is 6.42 Å². The van der Waals surface area contributed by atoms with E-state index < -0.39 is 0 Å². The van der Waals surface area contributed by atoms with E-state index in [0.717, 1.165) is 30.6 Å². The molecule has 4 nitrogen and oxygen atoms in total. The molecule has 1 aromatic rings. The van der Waals surface area contributed by atoms with E-state index in [0.29, 0.717) is 0 Å². The third-order valence-corrected chi connectivity index (χ3v) is 3.67. The van der Waals surface area contributed by atoms with E-state index in [9.17, 15) is 4.79 Å². The summed E-state index contributed by atoms with van der Waals surface area (Å²) in [4.78, 5) is 18.6. The average Bonchev–Trinajstić information content (AvgIpc) is 2.69. The smallest absolute Gasteiger partial charge is 0.238 e. The third kappa shape index (κ3) is 1.82. The van der Waals surface area contributed by atoms with E-state index >= 15 is 0 Å². The molecular formula is C13H17N3O. The second-order valence-electron chi connectivity index (χ2n) is 4.92. The number of nitrogens with one attached hydrogen (secondary N) is 1. The van der Waals surface area contributed by atoms with Crippen molar-refractivity contribution in [3.8, 4) is 0 Å². The van der Waals surface area contributed by atoms with Gasteiger partial charge in [0.1, 0.15) is 6.17 Å². The van der Waals surface area contributed by atoms with Gasteiger partial charge in [0.05, 0.1) is 11.7 Å². The lowest BCUT2D eigenvalue weighted by Gasteiger charge is -2.30. The van der Waals surface area contributed by atoms with E-state index in [2.05, 4.69) is 15.2 Å². The number of fused-ring (bicyclic) bond motifs is 1. The molecule has 0 radical (unpaired) electrons. The minimum atomic E-state index is -0.0200. The van der Waals surface area contributed by atoms with Gasteiger partial charge in [-0.2, -0.15) is 0 Å². The predicted molar refractivity (Wildman–Crippen MR) is 64.2 cm³/mol. The second-order valence-corrected chi connectivity index (χ2v) is 4.92. The summed E-state index contributed by atoms with van der Waals surface area (Å²) in [5.41, 5.74) is 2.10. The predicted octanol–water partition coefficient (Wildman–Crippen LogP) is 1.37. The lowest BCUT2D eigenvalue weighted by atomic mass is 10.0. The van der Waals surface area contributed by atoms with Crippen LogP contribution in [0.4, 0.5) is 0 Å². The molecule has 3 heterocycles. The minimum absolute atomic E-state index is 0.0200. The number of rotatable bonds is 1. The Morgan fingerprint density at radius 2 is 2.29 bits per heavy atom. The fourth-order valence-corrected chi connectivity index (χ4v) is 2.74. The lowest BCUT2D eigenvalue weighted by Crippen LogP contribution is -2.38. The molecule has 1 N–H and O–H groups in total. The van der Waals surface area contributed by atoms with Crippen molar-refractivity contribution in [2.75, 3.05) is 6.54 Å². The van der Waals surface area contributed by atoms with Gasteiger partial charge in [-0.1, -0.05) is 12.5 Å². The zero-order valence-electron chi connectivity index (χ0n) is 10.0. The van der Waals surface area contributed by atoms with Crippen LogP contribution in [0.5, 0.6) is 0 Å². The standard InChI is InChI=1S/C13H17N3O/c1-9-5-6-10(14-8-9)12-15-13(17)11-4-2-3-7-16(11)12/h5-6,8,11-12H,2-4,7H2,1H3,(H,15,17). The van der Waals surface area contributed by atoms with Gasteiger partial charge in [0.25, 0.3) is 0 Å². The van der Waals surface area contributed by atoms with Gasteiger partial charge >= 0.3 is 0 Å². The Bertz CT molecular complexity index is 429. The maximum atomic E-state index is 11.9. The molecule has 0 bridgehead atoms. The van der Waals surface area contributed by atoms with Crippen LogP contribution in [-0.4, -0.2) is 28.4 Å². The minimum Gasteiger partial charge on any atom is -0.334 e. The molecule has 4 heteroatoms. The van der Waals surface area contributed by atoms with Gasteiger partial charge in [-0.25, -0.2) is 0 Å². The number of nitrogens with zero attached hydrogens (tertiary/aromatic N) is 2. The molecule has 3 rings (SSSR count). The van der Waals surface area contributed by atoms with Gasteiger partial charge in [-0.05, 0) is 31.4 Å². The van der Waals surface area contributed by atoms with Crippen LogP contribution >= 0.6 is 0 Å². The first-order chi connectivity index (χ1) is 8.25. The van der Waals surface area contributed by atoms with Gasteiger partial charge in [0, 0.05) is 12.7 Å². The van der Waals surface area contributed by atoms with Crippen LogP contribution in [0.25, 0.3) is 0 Å². The van der Waals surface area contributed by atoms with Crippen molar-refractivity contribution in [2.45, 2.75) is 38.4 Å². The van der Waals surface area contributed by atoms with Crippen LogP contribution < -0.4 is 5.32 Å². The average molecular weight is 231 g/mol. The molecule has 2 unspecified atom stereocenters. The van der Waals surface area contributed by atoms with E-state index in [-0.39, 0.29) is 18.1 Å². The number of hydrogen-bond acceptors (Lipinski definition) is 3. The molecule has 1 aromatic heterocycles. The summed E-state index contributed by atoms with van der Waals surface area (Å²) in [5.74, 6) is 0.164. The molecule has 17 heavy (non-hydrogen) atoms. The van der Waals surface area contributed by atoms with Crippen LogP contribution in [0, 0.1) is 6.92 Å². The maximum absolute atomic E-state index is 11.9. The van der Waals surface area contributed by atoms with E-state index in [1.807, 2.05) is 25.3 Å². The van der Waals surface area contributed by atoms with Crippen LogP contribution in [0.1, 0.15) is 36.7 Å². The zero-order chi connectivity index (χ0) is 11.8. The first-order valence-corrected chi connectivity index (χ1v) is 6.24. The number of amides is 1. The summed E-state index contributed by atoms with van der Waals surface area (Å²) >= 11 is 0. The summed E-state index contributed by atoms with van der Waals surface area (Å²) in [6, 6.07) is 4.13. The highest BCUT2D eigenvalue weighted by Crippen LogP contribution is 2.31. The summed E-state index contributed by atoms with van der Waals surface area (Å²) in [7, 11) is 0. The molecule has 0 aliphatic carbocycles. The first kappa shape index (κ1) is 10.7. The number of piperidine rings is 1. The Balaban J connectivity index is 1.88. The Labute approximate surface area is 101 Å². The number of aryl methyl sites for hydroxylation is 1. The van der Waals surface area contributed by atoms with Crippen LogP contribution in [-0.2, 0) is 4.79 Å². The van der Waals surface area contributed by atoms with Crippen molar-refractivity contribution < 1.29 is 4.79 Å². The fraction of sp³-hybridized carbons (Fsp3) is 0.538. The molecule has 0 saturated carbocycles. The normalized spacial score (nSPS) is 28.9. The number of pyridine rings is 1. The Morgan fingerprint density at radius 1 is 1.41 bits per heavy atom. The summed E-state index contributed by atoms with van der Waals surface area (Å²) in [6.45, 7) is 3.01. The molecule has 0 aromatic carbocycles. The molecule has 90 valence electrons. The van der Waals surface area contributed by atoms with Crippen LogP contribution in [0.2, 0.25) is 0 Å². The second kappa shape index (κ2) is 4.11. The van der Waals surface area contributed by atoms with Crippen LogP contribution in [0.15, 0.2) is 18.3 Å². The Kier molecular flexibility index (Phi) is 2.59. The van der Waals surface area contributed by atoms with Gasteiger partial charge in [-0.15, -0.1) is 0 Å². The van der Waals surface area contributed by atoms with Gasteiger partial charge < -0.3 is 5.32 Å². The van der Waals surface area contributed by atoms with Crippen LogP contribution in [0.3, 0.4) is 0 Å². The van der Waals surface area contributed by atoms with Crippen molar-refractivity contribution in [2.24, 2.45) is 0 Å². The SMILES string of the molecule is Cc1ccc(C2NC(=O)C3CCCCN32)nc1. The number of carbonyl (C=O) groups is 1. The highest BCUT2D eigenvalue weighted by atomic mass is 16.2. The van der Waals surface area contributed by atoms with Crippen molar-refractivity contribution in [3.05, 3.63) is 29.6 Å². The lowest BCUT2D eigenvalue weighted by molar-refractivity contribution is -0.122. The number of aromatic nitrogens is 1. The molecule has 2 saturated heterocycles. The first-order valence-electron chi connectivity index (χ1n) is 6.24. The Hall–Kier alpha value is -1.42. The quantitative estimate of drug-likeness (QED) is 0.794. The Morgan fingerprint density at radius 3 is 3.06 bits per heavy atom. The van der Waals surface area contributed by atoms with E-state index in [1.54, 1.807) is 0 Å². The van der Waals surface area contributed by atoms with Gasteiger partial charge in [-0.3, -0.25) is 14.7 Å². The summed E-state index contributed by atoms with van der Waals surface area (Å²) < 4.78 is 0. The molecular weight excluding hydrogens is 214 g/mol. The third-order valence-electron chi connectivity index (χ3n) is 3.67. The van der Waals surface area contributed by atoms with Crippen molar-refractivity contribution in [3.63, 3.8) is 0 Å². The molecule has 2 fully saturated rings. The highest BCUT2D eigenvalue weighted by Gasteiger charge is 2.41. The monoisotopic (exact) mass is 231 g/mol. The highest BCUT2D eigenvalue weighted by molar-refractivity contribution is 5.84. The molecule has 2 aliphatic rings. The van der Waals surface area contributed by atoms with Crippen molar-refractivity contribution >= 4 is 5.91 Å². The summed E-state index contributed by atoms with van der Waals surface area (Å²) in [6.07, 6.45) is 5.15. The summed E-state index contributed by atoms with van der Waals surface area (Å²) in [5, 5.41) is 3.06. The van der Waals surface area contributed by atoms with E-state index in [4.69, 9.17) is 0 Å². The van der Waals surface area contributed by atoms with Crippen molar-refractivity contribution in [1.82, 2.24) is 15.2 Å². The largest absolute Gasteiger partial charge is 0.334 e. The molecule has 1 amide bonds. The number of hydrogen-bond donors (Lipinski definition) is 1. The molecule has 2 atom stereocenters. The molecule has 2 aliphatic heterocycles.